The molecule has 34 heavy (non-hydrogen) atoms. The molecule has 0 saturated carbocycles. The molecule has 0 saturated heterocycles. The second-order valence-electron chi connectivity index (χ2n) is 7.70. The molecule has 176 valence electrons. The molecule has 0 fully saturated rings. The molecule has 9 heteroatoms. The Morgan fingerprint density at radius 3 is 2.35 bits per heavy atom. The van der Waals surface area contributed by atoms with Gasteiger partial charge in [-0.2, -0.15) is 0 Å². The summed E-state index contributed by atoms with van der Waals surface area (Å²) in [7, 11) is -4.09. The fourth-order valence-corrected chi connectivity index (χ4v) is 4.67. The Hall–Kier alpha value is -3.98. The van der Waals surface area contributed by atoms with E-state index in [0.29, 0.717) is 23.1 Å². The van der Waals surface area contributed by atoms with Crippen molar-refractivity contribution in [3.63, 3.8) is 0 Å². The minimum atomic E-state index is -4.09. The van der Waals surface area contributed by atoms with Crippen molar-refractivity contribution < 1.29 is 22.8 Å². The Balaban J connectivity index is 1.89. The second-order valence-corrected chi connectivity index (χ2v) is 9.56. The van der Waals surface area contributed by atoms with Gasteiger partial charge in [0, 0.05) is 24.7 Å². The third kappa shape index (κ3) is 6.29. The molecule has 3 aromatic carbocycles. The van der Waals surface area contributed by atoms with E-state index in [1.54, 1.807) is 54.6 Å². The predicted molar refractivity (Wildman–Crippen MR) is 130 cm³/mol. The van der Waals surface area contributed by atoms with Gasteiger partial charge >= 0.3 is 0 Å². The normalized spacial score (nSPS) is 10.9. The standard InChI is InChI=1S/C25H25N3O5S/c1-18-9-11-24(12-10-18)34(32,33)28(23-8-4-7-22(14-23)27-19(2)30)16-25(31)26-15-20-5-3-6-21(13-20)17-29/h3-14,17H,15-16H2,1-2H3,(H,26,31)(H,27,30). The van der Waals surface area contributed by atoms with Crippen LogP contribution < -0.4 is 14.9 Å². The van der Waals surface area contributed by atoms with Gasteiger partial charge in [-0.25, -0.2) is 8.42 Å². The molecular formula is C25H25N3O5S. The van der Waals surface area contributed by atoms with Crippen LogP contribution in [0, 0.1) is 6.92 Å². The molecule has 0 aromatic heterocycles. The predicted octanol–water partition coefficient (Wildman–Crippen LogP) is 3.28. The van der Waals surface area contributed by atoms with Crippen LogP contribution in [0.15, 0.2) is 77.7 Å². The summed E-state index contributed by atoms with van der Waals surface area (Å²) in [6, 6.07) is 19.3. The van der Waals surface area contributed by atoms with Crippen molar-refractivity contribution in [2.45, 2.75) is 25.3 Å². The number of nitrogens with one attached hydrogen (secondary N) is 2. The number of hydrogen-bond acceptors (Lipinski definition) is 5. The van der Waals surface area contributed by atoms with E-state index in [4.69, 9.17) is 0 Å². The number of rotatable bonds is 9. The zero-order valence-electron chi connectivity index (χ0n) is 18.8. The topological polar surface area (TPSA) is 113 Å². The fraction of sp³-hybridized carbons (Fsp3) is 0.160. The summed E-state index contributed by atoms with van der Waals surface area (Å²) in [5.74, 6) is -0.836. The number of nitrogens with zero attached hydrogens (tertiary/aromatic N) is 1. The van der Waals surface area contributed by atoms with Crippen molar-refractivity contribution >= 4 is 39.5 Å². The van der Waals surface area contributed by atoms with Crippen LogP contribution >= 0.6 is 0 Å². The van der Waals surface area contributed by atoms with Crippen molar-refractivity contribution in [1.29, 1.82) is 0 Å². The van der Waals surface area contributed by atoms with Crippen molar-refractivity contribution in [3.05, 3.63) is 89.5 Å². The van der Waals surface area contributed by atoms with Gasteiger partial charge in [0.15, 0.2) is 0 Å². The Morgan fingerprint density at radius 2 is 1.68 bits per heavy atom. The molecular weight excluding hydrogens is 454 g/mol. The molecule has 3 aromatic rings. The van der Waals surface area contributed by atoms with Gasteiger partial charge in [0.2, 0.25) is 11.8 Å². The van der Waals surface area contributed by atoms with Gasteiger partial charge in [0.25, 0.3) is 10.0 Å². The summed E-state index contributed by atoms with van der Waals surface area (Å²) < 4.78 is 28.0. The molecule has 0 spiro atoms. The number of benzene rings is 3. The van der Waals surface area contributed by atoms with Crippen molar-refractivity contribution in [3.8, 4) is 0 Å². The quantitative estimate of drug-likeness (QED) is 0.458. The van der Waals surface area contributed by atoms with E-state index in [1.165, 1.54) is 25.1 Å². The summed E-state index contributed by atoms with van der Waals surface area (Å²) in [5.41, 5.74) is 2.71. The van der Waals surface area contributed by atoms with Crippen molar-refractivity contribution in [1.82, 2.24) is 5.32 Å². The number of hydrogen-bond donors (Lipinski definition) is 2. The van der Waals surface area contributed by atoms with Gasteiger partial charge in [0.05, 0.1) is 10.6 Å². The third-order valence-corrected chi connectivity index (χ3v) is 6.72. The number of amides is 2. The third-order valence-electron chi connectivity index (χ3n) is 4.93. The monoisotopic (exact) mass is 479 g/mol. The second kappa shape index (κ2) is 10.8. The summed E-state index contributed by atoms with van der Waals surface area (Å²) >= 11 is 0. The largest absolute Gasteiger partial charge is 0.350 e. The summed E-state index contributed by atoms with van der Waals surface area (Å²) in [5, 5.41) is 5.32. The fourth-order valence-electron chi connectivity index (χ4n) is 3.26. The van der Waals surface area contributed by atoms with Crippen LogP contribution in [0.1, 0.15) is 28.4 Å². The highest BCUT2D eigenvalue weighted by atomic mass is 32.2. The molecule has 2 N–H and O–H groups in total. The van der Waals surface area contributed by atoms with E-state index in [2.05, 4.69) is 10.6 Å². The molecule has 0 aliphatic rings. The number of carbonyl (C=O) groups excluding carboxylic acids is 3. The smallest absolute Gasteiger partial charge is 0.264 e. The van der Waals surface area contributed by atoms with Gasteiger partial charge in [-0.05, 0) is 48.9 Å². The maximum Gasteiger partial charge on any atom is 0.264 e. The molecule has 0 aliphatic carbocycles. The lowest BCUT2D eigenvalue weighted by molar-refractivity contribution is -0.119. The Kier molecular flexibility index (Phi) is 7.80. The molecule has 0 aliphatic heterocycles. The summed E-state index contributed by atoms with van der Waals surface area (Å²) in [6.07, 6.45) is 0.712. The number of carbonyl (C=O) groups is 3. The minimum Gasteiger partial charge on any atom is -0.350 e. The number of aryl methyl sites for hydroxylation is 1. The van der Waals surface area contributed by atoms with Gasteiger partial charge in [-0.15, -0.1) is 0 Å². The Bertz CT molecular complexity index is 1300. The SMILES string of the molecule is CC(=O)Nc1cccc(N(CC(=O)NCc2cccc(C=O)c2)S(=O)(=O)c2ccc(C)cc2)c1. The average molecular weight is 480 g/mol. The molecule has 0 unspecified atom stereocenters. The van der Waals surface area contributed by atoms with Gasteiger partial charge in [-0.1, -0.05) is 42.0 Å². The maximum absolute atomic E-state index is 13.5. The van der Waals surface area contributed by atoms with Crippen molar-refractivity contribution in [2.75, 3.05) is 16.2 Å². The first-order valence-corrected chi connectivity index (χ1v) is 11.9. The molecule has 0 radical (unpaired) electrons. The van der Waals surface area contributed by atoms with E-state index in [0.717, 1.165) is 9.87 Å². The molecule has 0 atom stereocenters. The first-order chi connectivity index (χ1) is 16.2. The van der Waals surface area contributed by atoms with Gasteiger partial charge in [-0.3, -0.25) is 18.7 Å². The van der Waals surface area contributed by atoms with Crippen LogP contribution in [-0.4, -0.2) is 33.1 Å². The summed E-state index contributed by atoms with van der Waals surface area (Å²) in [6.45, 7) is 2.84. The maximum atomic E-state index is 13.5. The zero-order valence-corrected chi connectivity index (χ0v) is 19.6. The Morgan fingerprint density at radius 1 is 0.971 bits per heavy atom. The van der Waals surface area contributed by atoms with Gasteiger partial charge < -0.3 is 10.6 Å². The average Bonchev–Trinajstić information content (AvgIpc) is 2.81. The van der Waals surface area contributed by atoms with Crippen molar-refractivity contribution in [2.24, 2.45) is 0 Å². The first-order valence-electron chi connectivity index (χ1n) is 10.5. The van der Waals surface area contributed by atoms with E-state index in [-0.39, 0.29) is 23.0 Å². The number of anilines is 2. The van der Waals surface area contributed by atoms with E-state index in [9.17, 15) is 22.8 Å². The highest BCUT2D eigenvalue weighted by molar-refractivity contribution is 7.92. The summed E-state index contributed by atoms with van der Waals surface area (Å²) in [4.78, 5) is 35.3. The number of aldehydes is 1. The highest BCUT2D eigenvalue weighted by Crippen LogP contribution is 2.26. The zero-order chi connectivity index (χ0) is 24.7. The molecule has 0 bridgehead atoms. The van der Waals surface area contributed by atoms with Crippen LogP contribution in [0.2, 0.25) is 0 Å². The Labute approximate surface area is 198 Å². The van der Waals surface area contributed by atoms with Crippen LogP contribution in [-0.2, 0) is 26.2 Å². The van der Waals surface area contributed by atoms with E-state index >= 15 is 0 Å². The molecule has 8 nitrogen and oxygen atoms in total. The van der Waals surface area contributed by atoms with Gasteiger partial charge in [0.1, 0.15) is 12.8 Å². The molecule has 2 amide bonds. The number of sulfonamides is 1. The molecule has 3 rings (SSSR count). The minimum absolute atomic E-state index is 0.0366. The highest BCUT2D eigenvalue weighted by Gasteiger charge is 2.27. The lowest BCUT2D eigenvalue weighted by Crippen LogP contribution is -2.40. The lowest BCUT2D eigenvalue weighted by Gasteiger charge is -2.24. The van der Waals surface area contributed by atoms with Crippen LogP contribution in [0.3, 0.4) is 0 Å². The molecule has 0 heterocycles. The van der Waals surface area contributed by atoms with Crippen LogP contribution in [0.4, 0.5) is 11.4 Å². The van der Waals surface area contributed by atoms with E-state index in [1.807, 2.05) is 6.92 Å². The van der Waals surface area contributed by atoms with E-state index < -0.39 is 22.5 Å². The van der Waals surface area contributed by atoms with Crippen LogP contribution in [0.5, 0.6) is 0 Å². The van der Waals surface area contributed by atoms with Crippen LogP contribution in [0.25, 0.3) is 0 Å². The first kappa shape index (κ1) is 24.7. The lowest BCUT2D eigenvalue weighted by atomic mass is 10.1.